The molecule has 3 saturated carbocycles. The number of nitrogens with zero attached hydrogens (tertiary/aromatic N) is 1. The second kappa shape index (κ2) is 6.09. The molecular formula is C22H27NO5. The van der Waals surface area contributed by atoms with E-state index in [1.54, 1.807) is 6.08 Å². The van der Waals surface area contributed by atoms with Crippen LogP contribution in [0.2, 0.25) is 0 Å². The van der Waals surface area contributed by atoms with E-state index in [9.17, 15) is 30.2 Å². The molecule has 6 nitrogen and oxygen atoms in total. The highest BCUT2D eigenvalue weighted by atomic mass is 16.3. The van der Waals surface area contributed by atoms with Gasteiger partial charge in [0.05, 0.1) is 12.2 Å². The Morgan fingerprint density at radius 2 is 2.04 bits per heavy atom. The molecule has 0 aromatic carbocycles. The number of carbonyl (C=O) groups excluding carboxylic acids is 2. The Bertz CT molecular complexity index is 853. The third-order valence-corrected chi connectivity index (χ3v) is 8.57. The number of fused-ring (bicyclic) bond motifs is 5. The minimum atomic E-state index is -1.63. The summed E-state index contributed by atoms with van der Waals surface area (Å²) < 4.78 is 0. The van der Waals surface area contributed by atoms with Crippen LogP contribution in [0.3, 0.4) is 0 Å². The predicted octanol–water partition coefficient (Wildman–Crippen LogP) is 1.45. The SMILES string of the molecule is C[C@]12C(C#N)=CC(=O)C=C1CC[C@@H]1[C@@H]2[C@@H](O)C[C@@]2(C)[C@H]1CC[C@]2(O)C(=O)CO. The molecule has 0 radical (unpaired) electrons. The van der Waals surface area contributed by atoms with Crippen molar-refractivity contribution in [3.8, 4) is 6.07 Å². The summed E-state index contributed by atoms with van der Waals surface area (Å²) in [4.78, 5) is 24.4. The van der Waals surface area contributed by atoms with Gasteiger partial charge >= 0.3 is 0 Å². The summed E-state index contributed by atoms with van der Waals surface area (Å²) in [5.41, 5.74) is -1.85. The maximum absolute atomic E-state index is 12.4. The van der Waals surface area contributed by atoms with Crippen LogP contribution in [0.4, 0.5) is 0 Å². The van der Waals surface area contributed by atoms with Crippen LogP contribution in [0.1, 0.15) is 46.0 Å². The molecule has 6 heteroatoms. The molecular weight excluding hydrogens is 358 g/mol. The second-order valence-corrected chi connectivity index (χ2v) is 9.45. The summed E-state index contributed by atoms with van der Waals surface area (Å²) in [6.07, 6.45) is 4.74. The zero-order valence-corrected chi connectivity index (χ0v) is 16.3. The fourth-order valence-corrected chi connectivity index (χ4v) is 7.19. The van der Waals surface area contributed by atoms with Gasteiger partial charge in [-0.15, -0.1) is 0 Å². The highest BCUT2D eigenvalue weighted by Crippen LogP contribution is 2.67. The summed E-state index contributed by atoms with van der Waals surface area (Å²) in [7, 11) is 0. The van der Waals surface area contributed by atoms with Crippen molar-refractivity contribution in [3.63, 3.8) is 0 Å². The minimum absolute atomic E-state index is 0.0114. The van der Waals surface area contributed by atoms with E-state index < -0.39 is 34.9 Å². The van der Waals surface area contributed by atoms with Crippen molar-refractivity contribution in [2.75, 3.05) is 6.61 Å². The molecule has 4 rings (SSSR count). The molecule has 0 aliphatic heterocycles. The Hall–Kier alpha value is -1.81. The lowest BCUT2D eigenvalue weighted by atomic mass is 9.45. The number of aliphatic hydroxyl groups excluding tert-OH is 2. The first kappa shape index (κ1) is 19.5. The Labute approximate surface area is 164 Å². The number of allylic oxidation sites excluding steroid dienone is 4. The number of hydrogen-bond acceptors (Lipinski definition) is 6. The molecule has 4 aliphatic carbocycles. The highest BCUT2D eigenvalue weighted by molar-refractivity contribution is 6.02. The van der Waals surface area contributed by atoms with E-state index in [1.165, 1.54) is 6.08 Å². The Morgan fingerprint density at radius 3 is 2.68 bits per heavy atom. The molecule has 0 unspecified atom stereocenters. The van der Waals surface area contributed by atoms with E-state index in [0.717, 1.165) is 12.0 Å². The first-order valence-corrected chi connectivity index (χ1v) is 10.1. The third kappa shape index (κ3) is 2.18. The molecule has 0 aromatic heterocycles. The van der Waals surface area contributed by atoms with Crippen LogP contribution in [-0.2, 0) is 9.59 Å². The van der Waals surface area contributed by atoms with E-state index in [2.05, 4.69) is 6.07 Å². The van der Waals surface area contributed by atoms with Gasteiger partial charge in [0.25, 0.3) is 0 Å². The molecule has 28 heavy (non-hydrogen) atoms. The normalized spacial score (nSPS) is 47.2. The van der Waals surface area contributed by atoms with Gasteiger partial charge in [-0.2, -0.15) is 5.26 Å². The van der Waals surface area contributed by atoms with Crippen LogP contribution in [0.25, 0.3) is 0 Å². The van der Waals surface area contributed by atoms with Crippen LogP contribution in [0, 0.1) is 39.9 Å². The average molecular weight is 385 g/mol. The molecule has 4 aliphatic rings. The van der Waals surface area contributed by atoms with E-state index in [0.29, 0.717) is 18.4 Å². The van der Waals surface area contributed by atoms with Crippen molar-refractivity contribution in [3.05, 3.63) is 23.3 Å². The standard InChI is InChI=1S/C22H27NO5/c1-20-9-17(26)19-15(16(20)5-6-22(20,28)18(27)11-24)4-3-12-7-14(25)8-13(10-23)21(12,19)2/h7-8,15-17,19,24,26,28H,3-6,9,11H2,1-2H3/t15-,16-,17-,19+,20-,21+,22-/m0/s1. The van der Waals surface area contributed by atoms with Gasteiger partial charge in [0, 0.05) is 22.3 Å². The van der Waals surface area contributed by atoms with Gasteiger partial charge in [-0.3, -0.25) is 9.59 Å². The maximum atomic E-state index is 12.4. The fraction of sp³-hybridized carbons (Fsp3) is 0.682. The van der Waals surface area contributed by atoms with E-state index in [1.807, 2.05) is 13.8 Å². The lowest BCUT2D eigenvalue weighted by Gasteiger charge is -2.60. The van der Waals surface area contributed by atoms with Gasteiger partial charge in [0.2, 0.25) is 0 Å². The van der Waals surface area contributed by atoms with Crippen molar-refractivity contribution < 1.29 is 24.9 Å². The number of Topliss-reactive ketones (excluding diaryl/α,β-unsaturated/α-hetero) is 1. The molecule has 0 spiro atoms. The predicted molar refractivity (Wildman–Crippen MR) is 99.6 cm³/mol. The Morgan fingerprint density at radius 1 is 1.32 bits per heavy atom. The van der Waals surface area contributed by atoms with Crippen LogP contribution in [0.5, 0.6) is 0 Å². The quantitative estimate of drug-likeness (QED) is 0.662. The van der Waals surface area contributed by atoms with Crippen molar-refractivity contribution >= 4 is 11.6 Å². The van der Waals surface area contributed by atoms with Crippen molar-refractivity contribution in [1.29, 1.82) is 5.26 Å². The molecule has 150 valence electrons. The first-order valence-electron chi connectivity index (χ1n) is 10.1. The van der Waals surface area contributed by atoms with Crippen LogP contribution >= 0.6 is 0 Å². The molecule has 0 aromatic rings. The lowest BCUT2D eigenvalue weighted by molar-refractivity contribution is -0.178. The summed E-state index contributed by atoms with van der Waals surface area (Å²) in [5.74, 6) is -0.956. The molecule has 0 heterocycles. The van der Waals surface area contributed by atoms with Gasteiger partial charge in [-0.25, -0.2) is 0 Å². The second-order valence-electron chi connectivity index (χ2n) is 9.45. The van der Waals surface area contributed by atoms with Crippen molar-refractivity contribution in [1.82, 2.24) is 0 Å². The van der Waals surface area contributed by atoms with Crippen LogP contribution in [0.15, 0.2) is 23.3 Å². The first-order chi connectivity index (χ1) is 13.1. The summed E-state index contributed by atoms with van der Waals surface area (Å²) in [5, 5.41) is 41.6. The number of nitriles is 1. The zero-order valence-electron chi connectivity index (χ0n) is 16.3. The number of rotatable bonds is 2. The average Bonchev–Trinajstić information content (AvgIpc) is 2.92. The van der Waals surface area contributed by atoms with Gasteiger partial charge in [0.15, 0.2) is 11.6 Å². The smallest absolute Gasteiger partial charge is 0.190 e. The number of aliphatic hydroxyl groups is 3. The number of carbonyl (C=O) groups is 2. The number of hydrogen-bond donors (Lipinski definition) is 3. The summed E-state index contributed by atoms with van der Waals surface area (Å²) in [6.45, 7) is 3.09. The van der Waals surface area contributed by atoms with Gasteiger partial charge in [0.1, 0.15) is 12.2 Å². The lowest BCUT2D eigenvalue weighted by Crippen LogP contribution is -2.62. The topological polar surface area (TPSA) is 119 Å². The molecule has 3 N–H and O–H groups in total. The summed E-state index contributed by atoms with van der Waals surface area (Å²) >= 11 is 0. The largest absolute Gasteiger partial charge is 0.393 e. The Kier molecular flexibility index (Phi) is 4.24. The van der Waals surface area contributed by atoms with Gasteiger partial charge < -0.3 is 15.3 Å². The van der Waals surface area contributed by atoms with Gasteiger partial charge in [-0.05, 0) is 56.1 Å². The molecule has 0 bridgehead atoms. The van der Waals surface area contributed by atoms with Crippen LogP contribution < -0.4 is 0 Å². The molecule has 0 amide bonds. The molecule has 7 atom stereocenters. The zero-order chi connectivity index (χ0) is 20.5. The fourth-order valence-electron chi connectivity index (χ4n) is 7.19. The van der Waals surface area contributed by atoms with Crippen molar-refractivity contribution in [2.45, 2.75) is 57.7 Å². The third-order valence-electron chi connectivity index (χ3n) is 8.57. The highest BCUT2D eigenvalue weighted by Gasteiger charge is 2.68. The van der Waals surface area contributed by atoms with E-state index in [4.69, 9.17) is 0 Å². The molecule has 3 fully saturated rings. The molecule has 0 saturated heterocycles. The minimum Gasteiger partial charge on any atom is -0.393 e. The Balaban J connectivity index is 1.79. The summed E-state index contributed by atoms with van der Waals surface area (Å²) in [6, 6.07) is 2.19. The van der Waals surface area contributed by atoms with E-state index in [-0.39, 0.29) is 36.4 Å². The van der Waals surface area contributed by atoms with Crippen molar-refractivity contribution in [2.24, 2.45) is 28.6 Å². The monoisotopic (exact) mass is 385 g/mol. The number of ketones is 2. The van der Waals surface area contributed by atoms with Crippen LogP contribution in [-0.4, -0.2) is 45.2 Å². The van der Waals surface area contributed by atoms with E-state index >= 15 is 0 Å². The van der Waals surface area contributed by atoms with Gasteiger partial charge in [-0.1, -0.05) is 19.4 Å². The maximum Gasteiger partial charge on any atom is 0.190 e.